The molecule has 1 aromatic carbocycles. The molecule has 0 bridgehead atoms. The van der Waals surface area contributed by atoms with Crippen LogP contribution in [0.15, 0.2) is 30.3 Å². The molecule has 0 amide bonds. The van der Waals surface area contributed by atoms with Crippen LogP contribution in [0.4, 0.5) is 0 Å². The van der Waals surface area contributed by atoms with Crippen LogP contribution in [-0.2, 0) is 11.2 Å². The van der Waals surface area contributed by atoms with Crippen molar-refractivity contribution in [2.75, 3.05) is 5.75 Å². The first-order chi connectivity index (χ1) is 7.74. The first-order valence-corrected chi connectivity index (χ1v) is 6.67. The fourth-order valence-electron chi connectivity index (χ4n) is 1.51. The van der Waals surface area contributed by atoms with E-state index in [-0.39, 0.29) is 5.25 Å². The molecule has 0 radical (unpaired) electrons. The van der Waals surface area contributed by atoms with Gasteiger partial charge in [-0.3, -0.25) is 4.79 Å². The van der Waals surface area contributed by atoms with Gasteiger partial charge in [0.05, 0.1) is 0 Å². The van der Waals surface area contributed by atoms with Crippen molar-refractivity contribution in [2.24, 2.45) is 0 Å². The van der Waals surface area contributed by atoms with Crippen LogP contribution in [0, 0.1) is 0 Å². The molecule has 0 aliphatic heterocycles. The molecule has 1 rings (SSSR count). The summed E-state index contributed by atoms with van der Waals surface area (Å²) in [5, 5.41) is 8.63. The molecule has 3 heteroatoms. The molecule has 2 nitrogen and oxygen atoms in total. The number of benzene rings is 1. The van der Waals surface area contributed by atoms with Gasteiger partial charge in [0, 0.05) is 0 Å². The Morgan fingerprint density at radius 3 is 2.62 bits per heavy atom. The summed E-state index contributed by atoms with van der Waals surface area (Å²) >= 11 is 1.55. The van der Waals surface area contributed by atoms with E-state index in [2.05, 4.69) is 12.1 Å². The molecule has 0 spiro atoms. The maximum atomic E-state index is 10.8. The zero-order valence-electron chi connectivity index (χ0n) is 9.56. The summed E-state index contributed by atoms with van der Waals surface area (Å²) in [6.07, 6.45) is 2.77. The van der Waals surface area contributed by atoms with E-state index >= 15 is 0 Å². The summed E-state index contributed by atoms with van der Waals surface area (Å²) in [5.74, 6) is 0.229. The monoisotopic (exact) mass is 238 g/mol. The topological polar surface area (TPSA) is 37.3 Å². The van der Waals surface area contributed by atoms with Crippen molar-refractivity contribution in [3.8, 4) is 0 Å². The lowest BCUT2D eigenvalue weighted by molar-refractivity contribution is -0.136. The van der Waals surface area contributed by atoms with Gasteiger partial charge in [0.2, 0.25) is 0 Å². The van der Waals surface area contributed by atoms with E-state index in [1.807, 2.05) is 25.1 Å². The number of rotatable bonds is 7. The van der Waals surface area contributed by atoms with Gasteiger partial charge in [-0.1, -0.05) is 37.3 Å². The van der Waals surface area contributed by atoms with E-state index < -0.39 is 5.97 Å². The standard InChI is InChI=1S/C13H18O2S/c1-2-12(13(14)15)16-10-6-9-11-7-4-3-5-8-11/h3-5,7-8,12H,2,6,9-10H2,1H3,(H,14,15). The van der Waals surface area contributed by atoms with Crippen molar-refractivity contribution in [3.05, 3.63) is 35.9 Å². The van der Waals surface area contributed by atoms with Crippen molar-refractivity contribution in [1.29, 1.82) is 0 Å². The Morgan fingerprint density at radius 1 is 1.38 bits per heavy atom. The molecule has 1 aromatic rings. The fourth-order valence-corrected chi connectivity index (χ4v) is 2.48. The maximum absolute atomic E-state index is 10.8. The van der Waals surface area contributed by atoms with Crippen LogP contribution in [0.2, 0.25) is 0 Å². The lowest BCUT2D eigenvalue weighted by Gasteiger charge is -2.08. The first kappa shape index (κ1) is 13.1. The zero-order chi connectivity index (χ0) is 11.8. The van der Waals surface area contributed by atoms with Crippen LogP contribution < -0.4 is 0 Å². The smallest absolute Gasteiger partial charge is 0.316 e. The summed E-state index contributed by atoms with van der Waals surface area (Å²) in [6.45, 7) is 1.92. The van der Waals surface area contributed by atoms with Crippen molar-refractivity contribution in [1.82, 2.24) is 0 Å². The quantitative estimate of drug-likeness (QED) is 0.741. The van der Waals surface area contributed by atoms with Crippen molar-refractivity contribution in [3.63, 3.8) is 0 Å². The van der Waals surface area contributed by atoms with E-state index in [4.69, 9.17) is 5.11 Å². The van der Waals surface area contributed by atoms with Crippen LogP contribution in [0.5, 0.6) is 0 Å². The highest BCUT2D eigenvalue weighted by molar-refractivity contribution is 8.00. The molecule has 0 fully saturated rings. The predicted molar refractivity (Wildman–Crippen MR) is 68.9 cm³/mol. The maximum Gasteiger partial charge on any atom is 0.316 e. The normalized spacial score (nSPS) is 12.3. The largest absolute Gasteiger partial charge is 0.480 e. The molecule has 1 N–H and O–H groups in total. The number of carbonyl (C=O) groups is 1. The Morgan fingerprint density at radius 2 is 2.06 bits per heavy atom. The number of carboxylic acid groups (broad SMARTS) is 1. The molecule has 0 saturated heterocycles. The van der Waals surface area contributed by atoms with Crippen LogP contribution in [0.1, 0.15) is 25.3 Å². The highest BCUT2D eigenvalue weighted by Gasteiger charge is 2.14. The minimum Gasteiger partial charge on any atom is -0.480 e. The third kappa shape index (κ3) is 4.71. The molecule has 1 unspecified atom stereocenters. The highest BCUT2D eigenvalue weighted by Crippen LogP contribution is 2.16. The van der Waals surface area contributed by atoms with E-state index in [1.54, 1.807) is 11.8 Å². The van der Waals surface area contributed by atoms with Gasteiger partial charge >= 0.3 is 5.97 Å². The van der Waals surface area contributed by atoms with Crippen molar-refractivity contribution in [2.45, 2.75) is 31.4 Å². The first-order valence-electron chi connectivity index (χ1n) is 5.62. The molecule has 0 aromatic heterocycles. The Bertz CT molecular complexity index is 311. The van der Waals surface area contributed by atoms with Crippen LogP contribution in [-0.4, -0.2) is 22.1 Å². The molecule has 0 aliphatic carbocycles. The van der Waals surface area contributed by atoms with Gasteiger partial charge in [-0.15, -0.1) is 11.8 Å². The van der Waals surface area contributed by atoms with Crippen molar-refractivity contribution >= 4 is 17.7 Å². The van der Waals surface area contributed by atoms with Gasteiger partial charge in [-0.2, -0.15) is 0 Å². The number of aliphatic carboxylic acids is 1. The van der Waals surface area contributed by atoms with E-state index in [0.717, 1.165) is 18.6 Å². The van der Waals surface area contributed by atoms with Gasteiger partial charge in [0.1, 0.15) is 5.25 Å². The second-order valence-electron chi connectivity index (χ2n) is 3.70. The second kappa shape index (κ2) is 7.34. The van der Waals surface area contributed by atoms with Crippen LogP contribution in [0.3, 0.4) is 0 Å². The molecular weight excluding hydrogens is 220 g/mol. The zero-order valence-corrected chi connectivity index (χ0v) is 10.4. The van der Waals surface area contributed by atoms with E-state index in [1.165, 1.54) is 5.56 Å². The summed E-state index contributed by atoms with van der Waals surface area (Å²) in [5.41, 5.74) is 1.33. The third-order valence-electron chi connectivity index (χ3n) is 2.42. The van der Waals surface area contributed by atoms with Gasteiger partial charge in [-0.05, 0) is 30.6 Å². The van der Waals surface area contributed by atoms with Crippen LogP contribution in [0.25, 0.3) is 0 Å². The fraction of sp³-hybridized carbons (Fsp3) is 0.462. The summed E-state index contributed by atoms with van der Waals surface area (Å²) in [7, 11) is 0. The Balaban J connectivity index is 2.19. The lowest BCUT2D eigenvalue weighted by Crippen LogP contribution is -2.15. The predicted octanol–water partition coefficient (Wildman–Crippen LogP) is 3.22. The van der Waals surface area contributed by atoms with Crippen molar-refractivity contribution < 1.29 is 9.90 Å². The molecule has 88 valence electrons. The SMILES string of the molecule is CCC(SCCCc1ccccc1)C(=O)O. The molecule has 0 saturated carbocycles. The number of carboxylic acids is 1. The van der Waals surface area contributed by atoms with E-state index in [0.29, 0.717) is 6.42 Å². The average Bonchev–Trinajstić information content (AvgIpc) is 2.30. The third-order valence-corrected chi connectivity index (χ3v) is 3.88. The number of thioether (sulfide) groups is 1. The van der Waals surface area contributed by atoms with E-state index in [9.17, 15) is 4.79 Å². The molecule has 1 atom stereocenters. The Hall–Kier alpha value is -0.960. The average molecular weight is 238 g/mol. The van der Waals surface area contributed by atoms with Gasteiger partial charge in [-0.25, -0.2) is 0 Å². The second-order valence-corrected chi connectivity index (χ2v) is 5.01. The summed E-state index contributed by atoms with van der Waals surface area (Å²) < 4.78 is 0. The molecular formula is C13H18O2S. The number of hydrogen-bond acceptors (Lipinski definition) is 2. The number of hydrogen-bond donors (Lipinski definition) is 1. The lowest BCUT2D eigenvalue weighted by atomic mass is 10.1. The summed E-state index contributed by atoms with van der Waals surface area (Å²) in [4.78, 5) is 10.8. The van der Waals surface area contributed by atoms with Gasteiger partial charge < -0.3 is 5.11 Å². The minimum atomic E-state index is -0.688. The highest BCUT2D eigenvalue weighted by atomic mass is 32.2. The number of aryl methyl sites for hydroxylation is 1. The molecule has 16 heavy (non-hydrogen) atoms. The van der Waals surface area contributed by atoms with Gasteiger partial charge in [0.25, 0.3) is 0 Å². The van der Waals surface area contributed by atoms with Gasteiger partial charge in [0.15, 0.2) is 0 Å². The minimum absolute atomic E-state index is 0.240. The Kier molecular flexibility index (Phi) is 6.01. The molecule has 0 heterocycles. The summed E-state index contributed by atoms with van der Waals surface area (Å²) in [6, 6.07) is 10.3. The Labute approximate surface area is 101 Å². The van der Waals surface area contributed by atoms with Crippen LogP contribution >= 0.6 is 11.8 Å². The molecule has 0 aliphatic rings.